The van der Waals surface area contributed by atoms with E-state index in [-0.39, 0.29) is 18.3 Å². The highest BCUT2D eigenvalue weighted by atomic mass is 35.5. The van der Waals surface area contributed by atoms with Gasteiger partial charge >= 0.3 is 0 Å². The Morgan fingerprint density at radius 1 is 1.30 bits per heavy atom. The fourth-order valence-electron chi connectivity index (χ4n) is 3.44. The summed E-state index contributed by atoms with van der Waals surface area (Å²) in [6.45, 7) is 0.137. The van der Waals surface area contributed by atoms with Crippen LogP contribution in [0.25, 0.3) is 10.1 Å². The van der Waals surface area contributed by atoms with E-state index < -0.39 is 6.04 Å². The lowest BCUT2D eigenvalue weighted by atomic mass is 10.1. The number of benzene rings is 2. The molecule has 0 aliphatic rings. The molecule has 154 valence electrons. The predicted molar refractivity (Wildman–Crippen MR) is 116 cm³/mol. The number of ether oxygens (including phenoxy) is 1. The molecule has 0 saturated heterocycles. The van der Waals surface area contributed by atoms with E-state index in [1.165, 1.54) is 24.5 Å². The van der Waals surface area contributed by atoms with Gasteiger partial charge in [-0.15, -0.1) is 11.3 Å². The van der Waals surface area contributed by atoms with Crippen LogP contribution in [0.2, 0.25) is 5.02 Å². The molecule has 0 radical (unpaired) electrons. The summed E-state index contributed by atoms with van der Waals surface area (Å²) in [6.07, 6.45) is 3.49. The molecule has 0 aliphatic carbocycles. The van der Waals surface area contributed by atoms with Crippen molar-refractivity contribution in [2.45, 2.75) is 12.6 Å². The van der Waals surface area contributed by atoms with Gasteiger partial charge in [0.2, 0.25) is 0 Å². The highest BCUT2D eigenvalue weighted by Crippen LogP contribution is 2.34. The zero-order valence-corrected chi connectivity index (χ0v) is 17.9. The lowest BCUT2D eigenvalue weighted by Crippen LogP contribution is -2.31. The summed E-state index contributed by atoms with van der Waals surface area (Å²) >= 11 is 7.28. The molecule has 1 N–H and O–H groups in total. The third-order valence-corrected chi connectivity index (χ3v) is 6.30. The summed E-state index contributed by atoms with van der Waals surface area (Å²) in [7, 11) is 3.39. The van der Waals surface area contributed by atoms with E-state index in [0.29, 0.717) is 31.4 Å². The number of rotatable bonds is 6. The topological polar surface area (TPSA) is 56.1 Å². The van der Waals surface area contributed by atoms with E-state index in [1.54, 1.807) is 30.5 Å². The van der Waals surface area contributed by atoms with Crippen LogP contribution in [0.15, 0.2) is 54.9 Å². The molecule has 0 bridgehead atoms. The average Bonchev–Trinajstić information content (AvgIpc) is 3.32. The largest absolute Gasteiger partial charge is 0.380 e. The first kappa shape index (κ1) is 20.5. The summed E-state index contributed by atoms with van der Waals surface area (Å²) in [6, 6.07) is 11.6. The Kier molecular flexibility index (Phi) is 5.85. The van der Waals surface area contributed by atoms with Crippen molar-refractivity contribution in [1.29, 1.82) is 0 Å². The van der Waals surface area contributed by atoms with Gasteiger partial charge < -0.3 is 14.6 Å². The van der Waals surface area contributed by atoms with Gasteiger partial charge in [-0.1, -0.05) is 29.8 Å². The number of nitrogens with one attached hydrogen (secondary N) is 1. The van der Waals surface area contributed by atoms with Gasteiger partial charge in [0.15, 0.2) is 0 Å². The number of aromatic nitrogens is 2. The molecule has 0 unspecified atom stereocenters. The van der Waals surface area contributed by atoms with Crippen molar-refractivity contribution in [3.05, 3.63) is 87.5 Å². The molecule has 4 aromatic rings. The van der Waals surface area contributed by atoms with Gasteiger partial charge in [0.25, 0.3) is 5.91 Å². The highest BCUT2D eigenvalue weighted by Gasteiger charge is 2.26. The minimum Gasteiger partial charge on any atom is -0.380 e. The zero-order chi connectivity index (χ0) is 21.3. The first-order chi connectivity index (χ1) is 14.5. The summed E-state index contributed by atoms with van der Waals surface area (Å²) in [5.74, 6) is -0.00921. The van der Waals surface area contributed by atoms with Crippen LogP contribution in [0, 0.1) is 5.82 Å². The van der Waals surface area contributed by atoms with Crippen LogP contribution >= 0.6 is 22.9 Å². The molecule has 0 spiro atoms. The molecular formula is C22H19ClFN3O2S. The van der Waals surface area contributed by atoms with Crippen molar-refractivity contribution in [2.24, 2.45) is 7.05 Å². The highest BCUT2D eigenvalue weighted by molar-refractivity contribution is 7.21. The first-order valence-corrected chi connectivity index (χ1v) is 10.4. The second kappa shape index (κ2) is 8.55. The van der Waals surface area contributed by atoms with Crippen LogP contribution in [0.3, 0.4) is 0 Å². The molecule has 1 atom stereocenters. The van der Waals surface area contributed by atoms with Crippen molar-refractivity contribution in [1.82, 2.24) is 14.9 Å². The van der Waals surface area contributed by atoms with E-state index in [9.17, 15) is 9.18 Å². The fourth-order valence-corrected chi connectivity index (χ4v) is 4.69. The van der Waals surface area contributed by atoms with E-state index in [4.69, 9.17) is 16.3 Å². The number of imidazole rings is 1. The number of aryl methyl sites for hydroxylation is 1. The molecule has 8 heteroatoms. The predicted octanol–water partition coefficient (Wildman–Crippen LogP) is 5.09. The number of nitrogens with zero attached hydrogens (tertiary/aromatic N) is 2. The molecule has 5 nitrogen and oxygen atoms in total. The number of carbonyl (C=O) groups excluding carboxylic acids is 1. The first-order valence-electron chi connectivity index (χ1n) is 9.22. The van der Waals surface area contributed by atoms with Gasteiger partial charge in [-0.25, -0.2) is 9.37 Å². The van der Waals surface area contributed by atoms with Gasteiger partial charge in [0.05, 0.1) is 11.5 Å². The Hall–Kier alpha value is -2.74. The van der Waals surface area contributed by atoms with Gasteiger partial charge in [-0.3, -0.25) is 4.79 Å². The summed E-state index contributed by atoms with van der Waals surface area (Å²) < 4.78 is 22.3. The average molecular weight is 444 g/mol. The molecule has 0 aliphatic heterocycles. The molecule has 4 rings (SSSR count). The number of halogens is 2. The number of fused-ring (bicyclic) bond motifs is 1. The van der Waals surface area contributed by atoms with Crippen molar-refractivity contribution >= 4 is 38.9 Å². The third-order valence-electron chi connectivity index (χ3n) is 4.85. The Bertz CT molecular complexity index is 1200. The maximum atomic E-state index is 14.5. The van der Waals surface area contributed by atoms with Crippen molar-refractivity contribution < 1.29 is 13.9 Å². The fraction of sp³-hybridized carbons (Fsp3) is 0.182. The minimum absolute atomic E-state index is 0.137. The number of carbonyl (C=O) groups is 1. The van der Waals surface area contributed by atoms with Crippen LogP contribution in [0.1, 0.15) is 32.7 Å². The van der Waals surface area contributed by atoms with Gasteiger partial charge in [0.1, 0.15) is 17.7 Å². The summed E-state index contributed by atoms with van der Waals surface area (Å²) in [5.41, 5.74) is 1.38. The number of thiophene rings is 1. The minimum atomic E-state index is -0.500. The number of amides is 1. The molecule has 0 saturated carbocycles. The molecule has 0 fully saturated rings. The smallest absolute Gasteiger partial charge is 0.262 e. The Labute approximate surface area is 182 Å². The Balaban J connectivity index is 1.76. The monoisotopic (exact) mass is 443 g/mol. The lowest BCUT2D eigenvalue weighted by molar-refractivity contribution is 0.0941. The Morgan fingerprint density at radius 3 is 2.73 bits per heavy atom. The molecule has 2 heterocycles. The number of hydrogen-bond acceptors (Lipinski definition) is 4. The van der Waals surface area contributed by atoms with Crippen LogP contribution in [0.4, 0.5) is 4.39 Å². The summed E-state index contributed by atoms with van der Waals surface area (Å²) in [4.78, 5) is 18.2. The quantitative estimate of drug-likeness (QED) is 0.451. The maximum Gasteiger partial charge on any atom is 0.262 e. The van der Waals surface area contributed by atoms with Gasteiger partial charge in [-0.2, -0.15) is 0 Å². The second-order valence-corrected chi connectivity index (χ2v) is 8.30. The SMILES string of the molecule is COCc1c(C(=O)N[C@H](c2ccc(Cl)cc2)c2nccn2C)sc2cccc(F)c12. The third kappa shape index (κ3) is 3.84. The number of methoxy groups -OCH3 is 1. The van der Waals surface area contributed by atoms with E-state index >= 15 is 0 Å². The van der Waals surface area contributed by atoms with Crippen LogP contribution in [-0.4, -0.2) is 22.6 Å². The van der Waals surface area contributed by atoms with Crippen LogP contribution < -0.4 is 5.32 Å². The van der Waals surface area contributed by atoms with Gasteiger partial charge in [0, 0.05) is 47.2 Å². The number of hydrogen-bond donors (Lipinski definition) is 1. The van der Waals surface area contributed by atoms with Crippen molar-refractivity contribution in [2.75, 3.05) is 7.11 Å². The molecule has 30 heavy (non-hydrogen) atoms. The lowest BCUT2D eigenvalue weighted by Gasteiger charge is -2.19. The Morgan fingerprint density at radius 2 is 2.07 bits per heavy atom. The molecule has 2 aromatic heterocycles. The zero-order valence-electron chi connectivity index (χ0n) is 16.4. The normalized spacial score (nSPS) is 12.3. The van der Waals surface area contributed by atoms with Crippen LogP contribution in [-0.2, 0) is 18.4 Å². The molecule has 2 aromatic carbocycles. The van der Waals surface area contributed by atoms with Crippen LogP contribution in [0.5, 0.6) is 0 Å². The second-order valence-electron chi connectivity index (χ2n) is 6.81. The molecule has 1 amide bonds. The van der Waals surface area contributed by atoms with E-state index in [0.717, 1.165) is 5.56 Å². The van der Waals surface area contributed by atoms with Crippen molar-refractivity contribution in [3.63, 3.8) is 0 Å². The van der Waals surface area contributed by atoms with E-state index in [2.05, 4.69) is 10.3 Å². The van der Waals surface area contributed by atoms with E-state index in [1.807, 2.05) is 29.9 Å². The van der Waals surface area contributed by atoms with Crippen molar-refractivity contribution in [3.8, 4) is 0 Å². The standard InChI is InChI=1S/C22H19ClFN3O2S/c1-27-11-10-25-21(27)19(13-6-8-14(23)9-7-13)26-22(28)20-15(12-29-2)18-16(24)4-3-5-17(18)30-20/h3-11,19H,12H2,1-2H3,(H,26,28)/t19-/m1/s1. The summed E-state index contributed by atoms with van der Waals surface area (Å²) in [5, 5.41) is 4.09. The molecular weight excluding hydrogens is 425 g/mol. The van der Waals surface area contributed by atoms with Gasteiger partial charge in [-0.05, 0) is 29.8 Å². The maximum absolute atomic E-state index is 14.5.